The zero-order valence-electron chi connectivity index (χ0n) is 15.1. The summed E-state index contributed by atoms with van der Waals surface area (Å²) in [5.41, 5.74) is 2.33. The van der Waals surface area contributed by atoms with Crippen molar-refractivity contribution < 1.29 is 4.79 Å². The van der Waals surface area contributed by atoms with Gasteiger partial charge in [0.15, 0.2) is 5.13 Å². The monoisotopic (exact) mass is 390 g/mol. The van der Waals surface area contributed by atoms with Gasteiger partial charge in [-0.3, -0.25) is 9.69 Å². The van der Waals surface area contributed by atoms with Gasteiger partial charge in [-0.25, -0.2) is 4.98 Å². The fraction of sp³-hybridized carbons (Fsp3) is 0.579. The van der Waals surface area contributed by atoms with Crippen molar-refractivity contribution in [3.8, 4) is 0 Å². The summed E-state index contributed by atoms with van der Waals surface area (Å²) in [4.78, 5) is 24.1. The van der Waals surface area contributed by atoms with Crippen molar-refractivity contribution in [3.63, 3.8) is 0 Å². The number of rotatable bonds is 5. The van der Waals surface area contributed by atoms with Crippen LogP contribution in [0.2, 0.25) is 0 Å². The Morgan fingerprint density at radius 1 is 1.04 bits per heavy atom. The number of carbonyl (C=O) groups excluding carboxylic acids is 1. The molecule has 0 unspecified atom stereocenters. The Morgan fingerprint density at radius 3 is 2.58 bits per heavy atom. The molecule has 0 bridgehead atoms. The number of hydrogen-bond donors (Lipinski definition) is 0. The molecule has 7 heteroatoms. The second-order valence-corrected chi connectivity index (χ2v) is 8.75. The van der Waals surface area contributed by atoms with Crippen LogP contribution in [0, 0.1) is 0 Å². The molecule has 1 amide bonds. The van der Waals surface area contributed by atoms with Gasteiger partial charge in [0.2, 0.25) is 5.91 Å². The standard InChI is InChI=1S/C19H26N4OS2/c24-18(12-16-4-11-25-14-16)22-7-9-23(10-8-22)19-20-17(15-26-19)13-21-5-2-1-3-6-21/h4,11,14-15H,1-3,5-10,12-13H2. The van der Waals surface area contributed by atoms with Gasteiger partial charge in [0, 0.05) is 38.1 Å². The van der Waals surface area contributed by atoms with E-state index < -0.39 is 0 Å². The van der Waals surface area contributed by atoms with Crippen LogP contribution in [-0.4, -0.2) is 60.0 Å². The Bertz CT molecular complexity index is 701. The van der Waals surface area contributed by atoms with Crippen molar-refractivity contribution in [2.24, 2.45) is 0 Å². The molecule has 0 aliphatic carbocycles. The molecule has 2 aliphatic heterocycles. The van der Waals surface area contributed by atoms with E-state index in [9.17, 15) is 4.79 Å². The van der Waals surface area contributed by atoms with Crippen molar-refractivity contribution in [1.29, 1.82) is 0 Å². The second-order valence-electron chi connectivity index (χ2n) is 7.13. The fourth-order valence-corrected chi connectivity index (χ4v) is 5.23. The molecule has 2 saturated heterocycles. The summed E-state index contributed by atoms with van der Waals surface area (Å²) < 4.78 is 0. The summed E-state index contributed by atoms with van der Waals surface area (Å²) in [6.07, 6.45) is 4.53. The molecule has 140 valence electrons. The van der Waals surface area contributed by atoms with E-state index >= 15 is 0 Å². The van der Waals surface area contributed by atoms with Crippen molar-refractivity contribution in [2.45, 2.75) is 32.2 Å². The third kappa shape index (κ3) is 4.45. The molecule has 0 aromatic carbocycles. The summed E-state index contributed by atoms with van der Waals surface area (Å²) in [7, 11) is 0. The van der Waals surface area contributed by atoms with Crippen molar-refractivity contribution in [1.82, 2.24) is 14.8 Å². The molecule has 26 heavy (non-hydrogen) atoms. The van der Waals surface area contributed by atoms with E-state index in [4.69, 9.17) is 4.98 Å². The van der Waals surface area contributed by atoms with E-state index in [-0.39, 0.29) is 5.91 Å². The highest BCUT2D eigenvalue weighted by molar-refractivity contribution is 7.13. The van der Waals surface area contributed by atoms with Crippen LogP contribution in [0.1, 0.15) is 30.5 Å². The predicted octanol–water partition coefficient (Wildman–Crippen LogP) is 3.08. The van der Waals surface area contributed by atoms with E-state index in [0.29, 0.717) is 6.42 Å². The van der Waals surface area contributed by atoms with Gasteiger partial charge in [-0.1, -0.05) is 6.42 Å². The lowest BCUT2D eigenvalue weighted by molar-refractivity contribution is -0.130. The number of carbonyl (C=O) groups is 1. The van der Waals surface area contributed by atoms with Crippen LogP contribution in [-0.2, 0) is 17.8 Å². The van der Waals surface area contributed by atoms with E-state index in [1.165, 1.54) is 38.0 Å². The van der Waals surface area contributed by atoms with E-state index in [1.54, 1.807) is 22.7 Å². The Kier molecular flexibility index (Phi) is 5.87. The highest BCUT2D eigenvalue weighted by Gasteiger charge is 2.23. The number of piperidine rings is 1. The molecule has 4 rings (SSSR count). The van der Waals surface area contributed by atoms with Gasteiger partial charge in [0.25, 0.3) is 0 Å². The molecule has 0 saturated carbocycles. The average molecular weight is 391 g/mol. The summed E-state index contributed by atoms with van der Waals surface area (Å²) in [5, 5.41) is 7.41. The number of hydrogen-bond acceptors (Lipinski definition) is 6. The Hall–Kier alpha value is -1.44. The minimum absolute atomic E-state index is 0.243. The van der Waals surface area contributed by atoms with Crippen LogP contribution in [0.4, 0.5) is 5.13 Å². The lowest BCUT2D eigenvalue weighted by atomic mass is 10.1. The number of aromatic nitrogens is 1. The third-order valence-electron chi connectivity index (χ3n) is 5.21. The largest absolute Gasteiger partial charge is 0.345 e. The number of likely N-dealkylation sites (tertiary alicyclic amines) is 1. The zero-order valence-corrected chi connectivity index (χ0v) is 16.7. The van der Waals surface area contributed by atoms with Gasteiger partial charge in [-0.15, -0.1) is 11.3 Å². The van der Waals surface area contributed by atoms with Crippen LogP contribution in [0.25, 0.3) is 0 Å². The van der Waals surface area contributed by atoms with Gasteiger partial charge >= 0.3 is 0 Å². The summed E-state index contributed by atoms with van der Waals surface area (Å²) in [6.45, 7) is 6.75. The van der Waals surface area contributed by atoms with E-state index in [1.807, 2.05) is 16.3 Å². The molecular formula is C19H26N4OS2. The lowest BCUT2D eigenvalue weighted by Gasteiger charge is -2.34. The van der Waals surface area contributed by atoms with Gasteiger partial charge in [-0.2, -0.15) is 11.3 Å². The zero-order chi connectivity index (χ0) is 17.8. The normalized spacial score (nSPS) is 19.1. The Labute approximate surface area is 163 Å². The maximum atomic E-state index is 12.4. The first kappa shape index (κ1) is 17.9. The highest BCUT2D eigenvalue weighted by Crippen LogP contribution is 2.23. The molecule has 5 nitrogen and oxygen atoms in total. The van der Waals surface area contributed by atoms with Gasteiger partial charge in [-0.05, 0) is 48.3 Å². The maximum Gasteiger partial charge on any atom is 0.227 e. The van der Waals surface area contributed by atoms with Gasteiger partial charge in [0.1, 0.15) is 0 Å². The average Bonchev–Trinajstić information content (AvgIpc) is 3.35. The number of anilines is 1. The predicted molar refractivity (Wildman–Crippen MR) is 108 cm³/mol. The smallest absolute Gasteiger partial charge is 0.227 e. The first-order valence-electron chi connectivity index (χ1n) is 9.48. The third-order valence-corrected chi connectivity index (χ3v) is 6.89. The van der Waals surface area contributed by atoms with Crippen LogP contribution in [0.3, 0.4) is 0 Å². The molecule has 2 aliphatic rings. The minimum atomic E-state index is 0.243. The minimum Gasteiger partial charge on any atom is -0.345 e. The van der Waals surface area contributed by atoms with E-state index in [2.05, 4.69) is 20.6 Å². The Morgan fingerprint density at radius 2 is 1.85 bits per heavy atom. The molecule has 2 aromatic heterocycles. The molecule has 0 N–H and O–H groups in total. The van der Waals surface area contributed by atoms with E-state index in [0.717, 1.165) is 43.4 Å². The van der Waals surface area contributed by atoms with Gasteiger partial charge < -0.3 is 9.80 Å². The number of piperazine rings is 1. The maximum absolute atomic E-state index is 12.4. The molecule has 0 spiro atoms. The summed E-state index contributed by atoms with van der Waals surface area (Å²) in [6, 6.07) is 2.04. The SMILES string of the molecule is O=C(Cc1ccsc1)N1CCN(c2nc(CN3CCCCC3)cs2)CC1. The quantitative estimate of drug-likeness (QED) is 0.787. The number of amides is 1. The summed E-state index contributed by atoms with van der Waals surface area (Å²) in [5.74, 6) is 0.243. The molecule has 2 aromatic rings. The van der Waals surface area contributed by atoms with Crippen LogP contribution in [0.15, 0.2) is 22.2 Å². The first-order chi connectivity index (χ1) is 12.8. The number of thiophene rings is 1. The number of nitrogens with zero attached hydrogens (tertiary/aromatic N) is 4. The molecule has 4 heterocycles. The highest BCUT2D eigenvalue weighted by atomic mass is 32.1. The fourth-order valence-electron chi connectivity index (χ4n) is 3.69. The molecule has 2 fully saturated rings. The second kappa shape index (κ2) is 8.50. The first-order valence-corrected chi connectivity index (χ1v) is 11.3. The van der Waals surface area contributed by atoms with Crippen molar-refractivity contribution in [3.05, 3.63) is 33.5 Å². The molecular weight excluding hydrogens is 364 g/mol. The molecule has 0 radical (unpaired) electrons. The van der Waals surface area contributed by atoms with Crippen molar-refractivity contribution >= 4 is 33.7 Å². The van der Waals surface area contributed by atoms with Crippen LogP contribution < -0.4 is 4.90 Å². The Balaban J connectivity index is 1.27. The van der Waals surface area contributed by atoms with Crippen LogP contribution >= 0.6 is 22.7 Å². The lowest BCUT2D eigenvalue weighted by Crippen LogP contribution is -2.49. The van der Waals surface area contributed by atoms with Gasteiger partial charge in [0.05, 0.1) is 12.1 Å². The van der Waals surface area contributed by atoms with Crippen LogP contribution in [0.5, 0.6) is 0 Å². The molecule has 0 atom stereocenters. The topological polar surface area (TPSA) is 39.7 Å². The summed E-state index contributed by atoms with van der Waals surface area (Å²) >= 11 is 3.40. The van der Waals surface area contributed by atoms with Crippen molar-refractivity contribution in [2.75, 3.05) is 44.2 Å². The number of thiazole rings is 1.